The quantitative estimate of drug-likeness (QED) is 0.542. The molecule has 2 aliphatic carbocycles. The molecule has 35 heavy (non-hydrogen) atoms. The standard InChI is InChI=1S/C25H21F3N6O/c1-14(20-21(31-7-6-30-20)22-32-11-17(12-33-22)15-2-3-15)34-23(35)16-8-18(24(13-29)4-5-24)10-19(9-16)25(26,27)28/h6-12,14-15H,2-5H2,1H3,(H,34,35). The smallest absolute Gasteiger partial charge is 0.344 e. The fourth-order valence-electron chi connectivity index (χ4n) is 4.06. The molecule has 0 bridgehead atoms. The van der Waals surface area contributed by atoms with Gasteiger partial charge in [0.2, 0.25) is 0 Å². The number of halogens is 3. The highest BCUT2D eigenvalue weighted by atomic mass is 19.4. The zero-order valence-corrected chi connectivity index (χ0v) is 18.8. The van der Waals surface area contributed by atoms with Crippen LogP contribution in [0.3, 0.4) is 0 Å². The first-order valence-electron chi connectivity index (χ1n) is 11.3. The highest BCUT2D eigenvalue weighted by molar-refractivity contribution is 5.95. The van der Waals surface area contributed by atoms with E-state index < -0.39 is 29.1 Å². The molecule has 7 nitrogen and oxygen atoms in total. The number of benzene rings is 1. The normalized spacial score (nSPS) is 17.3. The van der Waals surface area contributed by atoms with Crippen molar-refractivity contribution in [3.63, 3.8) is 0 Å². The molecule has 0 saturated heterocycles. The minimum absolute atomic E-state index is 0.168. The summed E-state index contributed by atoms with van der Waals surface area (Å²) in [6.07, 6.45) is 4.99. The van der Waals surface area contributed by atoms with Crippen molar-refractivity contribution in [1.29, 1.82) is 5.26 Å². The third-order valence-electron chi connectivity index (χ3n) is 6.46. The highest BCUT2D eigenvalue weighted by Gasteiger charge is 2.46. The van der Waals surface area contributed by atoms with Gasteiger partial charge in [0.15, 0.2) is 5.82 Å². The van der Waals surface area contributed by atoms with Crippen LogP contribution in [0.15, 0.2) is 43.0 Å². The van der Waals surface area contributed by atoms with E-state index in [1.165, 1.54) is 18.5 Å². The Morgan fingerprint density at radius 1 is 1.11 bits per heavy atom. The second-order valence-corrected chi connectivity index (χ2v) is 9.09. The molecule has 0 aliphatic heterocycles. The number of nitriles is 1. The molecule has 1 aromatic carbocycles. The van der Waals surface area contributed by atoms with Gasteiger partial charge in [-0.15, -0.1) is 0 Å². The van der Waals surface area contributed by atoms with Crippen LogP contribution in [0.2, 0.25) is 0 Å². The minimum Gasteiger partial charge on any atom is -0.344 e. The molecule has 1 atom stereocenters. The average Bonchev–Trinajstić information content (AvgIpc) is 3.77. The second kappa shape index (κ2) is 8.41. The van der Waals surface area contributed by atoms with Gasteiger partial charge in [0.05, 0.1) is 28.8 Å². The molecule has 3 aromatic rings. The Labute approximate surface area is 199 Å². The molecule has 178 valence electrons. The van der Waals surface area contributed by atoms with E-state index in [-0.39, 0.29) is 11.1 Å². The lowest BCUT2D eigenvalue weighted by atomic mass is 9.93. The van der Waals surface area contributed by atoms with E-state index in [0.717, 1.165) is 30.5 Å². The Hall–Kier alpha value is -3.87. The maximum absolute atomic E-state index is 13.5. The van der Waals surface area contributed by atoms with Crippen molar-refractivity contribution in [3.05, 3.63) is 70.9 Å². The second-order valence-electron chi connectivity index (χ2n) is 9.09. The maximum atomic E-state index is 13.5. The summed E-state index contributed by atoms with van der Waals surface area (Å²) >= 11 is 0. The summed E-state index contributed by atoms with van der Waals surface area (Å²) in [6.45, 7) is 1.66. The van der Waals surface area contributed by atoms with Crippen LogP contribution in [0.1, 0.15) is 77.3 Å². The lowest BCUT2D eigenvalue weighted by molar-refractivity contribution is -0.137. The van der Waals surface area contributed by atoms with Gasteiger partial charge < -0.3 is 5.32 Å². The number of nitrogens with zero attached hydrogens (tertiary/aromatic N) is 5. The van der Waals surface area contributed by atoms with E-state index in [1.54, 1.807) is 19.3 Å². The number of alkyl halides is 3. The van der Waals surface area contributed by atoms with E-state index >= 15 is 0 Å². The van der Waals surface area contributed by atoms with Gasteiger partial charge in [0.25, 0.3) is 5.91 Å². The van der Waals surface area contributed by atoms with E-state index in [0.29, 0.717) is 36.0 Å². The van der Waals surface area contributed by atoms with Gasteiger partial charge in [0, 0.05) is 30.4 Å². The predicted octanol–water partition coefficient (Wildman–Crippen LogP) is 4.88. The molecule has 0 spiro atoms. The Kier molecular flexibility index (Phi) is 5.50. The van der Waals surface area contributed by atoms with Gasteiger partial charge in [-0.25, -0.2) is 15.0 Å². The van der Waals surface area contributed by atoms with Crippen LogP contribution >= 0.6 is 0 Å². The van der Waals surface area contributed by atoms with Crippen molar-refractivity contribution < 1.29 is 18.0 Å². The first kappa shape index (κ1) is 22.9. The number of carbonyl (C=O) groups is 1. The Bertz CT molecular complexity index is 1320. The van der Waals surface area contributed by atoms with Gasteiger partial charge >= 0.3 is 6.18 Å². The van der Waals surface area contributed by atoms with Crippen molar-refractivity contribution in [2.75, 3.05) is 0 Å². The number of hydrogen-bond acceptors (Lipinski definition) is 6. The van der Waals surface area contributed by atoms with Crippen molar-refractivity contribution in [3.8, 4) is 17.6 Å². The summed E-state index contributed by atoms with van der Waals surface area (Å²) in [5.41, 5.74) is -0.0538. The molecule has 2 aliphatic rings. The first-order chi connectivity index (χ1) is 16.7. The van der Waals surface area contributed by atoms with E-state index in [4.69, 9.17) is 0 Å². The molecule has 1 unspecified atom stereocenters. The molecule has 1 amide bonds. The molecule has 0 radical (unpaired) electrons. The molecular formula is C25H21F3N6O. The summed E-state index contributed by atoms with van der Waals surface area (Å²) in [6, 6.07) is 4.52. The molecule has 1 N–H and O–H groups in total. The van der Waals surface area contributed by atoms with E-state index in [2.05, 4.69) is 31.3 Å². The number of nitrogens with one attached hydrogen (secondary N) is 1. The van der Waals surface area contributed by atoms with E-state index in [1.807, 2.05) is 0 Å². The average molecular weight is 478 g/mol. The molecule has 2 heterocycles. The lowest BCUT2D eigenvalue weighted by Gasteiger charge is -2.18. The summed E-state index contributed by atoms with van der Waals surface area (Å²) < 4.78 is 40.6. The molecule has 5 rings (SSSR count). The molecular weight excluding hydrogens is 457 g/mol. The number of amides is 1. The topological polar surface area (TPSA) is 104 Å². The van der Waals surface area contributed by atoms with Gasteiger partial charge in [-0.05, 0) is 67.9 Å². The van der Waals surface area contributed by atoms with Crippen LogP contribution in [0.4, 0.5) is 13.2 Å². The molecule has 2 fully saturated rings. The summed E-state index contributed by atoms with van der Waals surface area (Å²) in [5, 5.41) is 12.2. The maximum Gasteiger partial charge on any atom is 0.416 e. The zero-order valence-electron chi connectivity index (χ0n) is 18.8. The summed E-state index contributed by atoms with van der Waals surface area (Å²) in [4.78, 5) is 30.5. The lowest BCUT2D eigenvalue weighted by Crippen LogP contribution is -2.28. The summed E-state index contributed by atoms with van der Waals surface area (Å²) in [7, 11) is 0. The minimum atomic E-state index is -4.65. The van der Waals surface area contributed by atoms with Gasteiger partial charge in [-0.3, -0.25) is 9.78 Å². The van der Waals surface area contributed by atoms with Crippen molar-refractivity contribution in [1.82, 2.24) is 25.3 Å². The molecule has 10 heteroatoms. The fraction of sp³-hybridized carbons (Fsp3) is 0.360. The van der Waals surface area contributed by atoms with Gasteiger partial charge in [0.1, 0.15) is 5.69 Å². The van der Waals surface area contributed by atoms with Gasteiger partial charge in [-0.1, -0.05) is 0 Å². The van der Waals surface area contributed by atoms with Crippen LogP contribution in [-0.4, -0.2) is 25.8 Å². The predicted molar refractivity (Wildman–Crippen MR) is 119 cm³/mol. The van der Waals surface area contributed by atoms with E-state index in [9.17, 15) is 23.2 Å². The number of aromatic nitrogens is 4. The van der Waals surface area contributed by atoms with Crippen LogP contribution in [0.5, 0.6) is 0 Å². The van der Waals surface area contributed by atoms with Crippen molar-refractivity contribution in [2.24, 2.45) is 0 Å². The Morgan fingerprint density at radius 3 is 2.40 bits per heavy atom. The SMILES string of the molecule is CC(NC(=O)c1cc(C(F)(F)F)cc(C2(C#N)CC2)c1)c1nccnc1-c1ncc(C2CC2)cn1. The molecule has 2 aromatic heterocycles. The van der Waals surface area contributed by atoms with Crippen LogP contribution in [-0.2, 0) is 11.6 Å². The highest BCUT2D eigenvalue weighted by Crippen LogP contribution is 2.49. The number of hydrogen-bond donors (Lipinski definition) is 1. The summed E-state index contributed by atoms with van der Waals surface area (Å²) in [5.74, 6) is 0.140. The molecule has 2 saturated carbocycles. The Morgan fingerprint density at radius 2 is 1.80 bits per heavy atom. The third kappa shape index (κ3) is 4.58. The van der Waals surface area contributed by atoms with Crippen molar-refractivity contribution in [2.45, 2.75) is 56.2 Å². The third-order valence-corrected chi connectivity index (χ3v) is 6.46. The van der Waals surface area contributed by atoms with Crippen molar-refractivity contribution >= 4 is 5.91 Å². The first-order valence-corrected chi connectivity index (χ1v) is 11.3. The van der Waals surface area contributed by atoms with Crippen LogP contribution in [0.25, 0.3) is 11.5 Å². The van der Waals surface area contributed by atoms with Gasteiger partial charge in [-0.2, -0.15) is 18.4 Å². The van der Waals surface area contributed by atoms with Crippen LogP contribution < -0.4 is 5.32 Å². The fourth-order valence-corrected chi connectivity index (χ4v) is 4.06. The van der Waals surface area contributed by atoms with Crippen LogP contribution in [0, 0.1) is 11.3 Å². The monoisotopic (exact) mass is 478 g/mol. The Balaban J connectivity index is 1.42. The number of rotatable bonds is 6. The number of carbonyl (C=O) groups excluding carboxylic acids is 1. The zero-order chi connectivity index (χ0) is 24.8. The largest absolute Gasteiger partial charge is 0.416 e.